The monoisotopic (exact) mass is 443 g/mol. The molecule has 3 aromatic carbocycles. The maximum Gasteiger partial charge on any atom is 0.271 e. The normalized spacial score (nSPS) is 11.5. The van der Waals surface area contributed by atoms with E-state index in [4.69, 9.17) is 4.42 Å². The van der Waals surface area contributed by atoms with Crippen LogP contribution in [0.1, 0.15) is 28.6 Å². The Morgan fingerprint density at radius 2 is 1.85 bits per heavy atom. The first-order valence-corrected chi connectivity index (χ1v) is 10.2. The maximum absolute atomic E-state index is 12.2. The average molecular weight is 443 g/mol. The van der Waals surface area contributed by atoms with Crippen molar-refractivity contribution in [3.63, 3.8) is 0 Å². The van der Waals surface area contributed by atoms with Crippen molar-refractivity contribution < 1.29 is 19.2 Å². The van der Waals surface area contributed by atoms with Gasteiger partial charge in [-0.15, -0.1) is 0 Å². The largest absolute Gasteiger partial charge is 0.507 e. The molecule has 1 amide bonds. The van der Waals surface area contributed by atoms with Crippen LogP contribution in [0.2, 0.25) is 0 Å². The number of phenols is 1. The lowest BCUT2D eigenvalue weighted by Gasteiger charge is -2.09. The van der Waals surface area contributed by atoms with Gasteiger partial charge < -0.3 is 9.52 Å². The van der Waals surface area contributed by atoms with Crippen molar-refractivity contribution in [2.45, 2.75) is 20.3 Å². The van der Waals surface area contributed by atoms with Crippen LogP contribution < -0.4 is 5.43 Å². The number of furan rings is 1. The fourth-order valence-corrected chi connectivity index (χ4v) is 3.55. The molecule has 33 heavy (non-hydrogen) atoms. The van der Waals surface area contributed by atoms with Crippen LogP contribution in [0.25, 0.3) is 22.1 Å². The van der Waals surface area contributed by atoms with Crippen molar-refractivity contribution in [3.05, 3.63) is 93.7 Å². The van der Waals surface area contributed by atoms with Gasteiger partial charge in [-0.2, -0.15) is 5.10 Å². The van der Waals surface area contributed by atoms with E-state index < -0.39 is 10.8 Å². The predicted octanol–water partition coefficient (Wildman–Crippen LogP) is 5.37. The van der Waals surface area contributed by atoms with Gasteiger partial charge in [-0.1, -0.05) is 12.1 Å². The minimum atomic E-state index is -0.524. The molecule has 0 saturated carbocycles. The van der Waals surface area contributed by atoms with E-state index in [1.54, 1.807) is 19.1 Å². The second-order valence-corrected chi connectivity index (χ2v) is 7.73. The topological polar surface area (TPSA) is 118 Å². The zero-order valence-electron chi connectivity index (χ0n) is 18.0. The summed E-state index contributed by atoms with van der Waals surface area (Å²) < 4.78 is 5.62. The first kappa shape index (κ1) is 21.8. The molecule has 0 saturated heterocycles. The Balaban J connectivity index is 1.48. The number of aromatic hydroxyl groups is 1. The first-order valence-electron chi connectivity index (χ1n) is 10.2. The zero-order valence-corrected chi connectivity index (χ0v) is 18.0. The van der Waals surface area contributed by atoms with Crippen LogP contribution in [0, 0.1) is 17.0 Å². The Hall–Kier alpha value is -4.46. The highest BCUT2D eigenvalue weighted by Gasteiger charge is 2.11. The van der Waals surface area contributed by atoms with Crippen molar-refractivity contribution in [3.8, 4) is 16.9 Å². The van der Waals surface area contributed by atoms with Gasteiger partial charge in [-0.05, 0) is 67.4 Å². The lowest BCUT2D eigenvalue weighted by atomic mass is 9.99. The third kappa shape index (κ3) is 4.90. The molecule has 0 aliphatic rings. The molecule has 4 aromatic rings. The van der Waals surface area contributed by atoms with Crippen LogP contribution in [0.5, 0.6) is 5.75 Å². The quantitative estimate of drug-likeness (QED) is 0.236. The molecule has 1 heterocycles. The van der Waals surface area contributed by atoms with E-state index in [2.05, 4.69) is 10.5 Å². The van der Waals surface area contributed by atoms with E-state index >= 15 is 0 Å². The molecule has 1 aromatic heterocycles. The van der Waals surface area contributed by atoms with Crippen molar-refractivity contribution in [1.82, 2.24) is 5.43 Å². The highest BCUT2D eigenvalue weighted by atomic mass is 16.6. The summed E-state index contributed by atoms with van der Waals surface area (Å²) in [6, 6.07) is 18.3. The smallest absolute Gasteiger partial charge is 0.271 e. The summed E-state index contributed by atoms with van der Waals surface area (Å²) in [7, 11) is 0. The Kier molecular flexibility index (Phi) is 5.91. The summed E-state index contributed by atoms with van der Waals surface area (Å²) in [6.45, 7) is 3.67. The van der Waals surface area contributed by atoms with Crippen molar-refractivity contribution in [1.29, 1.82) is 0 Å². The third-order valence-corrected chi connectivity index (χ3v) is 5.16. The maximum atomic E-state index is 12.2. The molecule has 0 unspecified atom stereocenters. The van der Waals surface area contributed by atoms with Crippen molar-refractivity contribution in [2.24, 2.45) is 5.10 Å². The number of hydrazone groups is 1. The number of aryl methyl sites for hydroxylation is 1. The Bertz CT molecular complexity index is 1390. The van der Waals surface area contributed by atoms with Gasteiger partial charge in [0.15, 0.2) is 0 Å². The summed E-state index contributed by atoms with van der Waals surface area (Å²) >= 11 is 0. The van der Waals surface area contributed by atoms with Crippen molar-refractivity contribution >= 4 is 28.3 Å². The molecule has 0 aliphatic heterocycles. The molecule has 2 N–H and O–H groups in total. The summed E-state index contributed by atoms with van der Waals surface area (Å²) in [5.41, 5.74) is 6.57. The molecule has 0 aliphatic carbocycles. The van der Waals surface area contributed by atoms with Crippen LogP contribution in [-0.2, 0) is 6.42 Å². The number of rotatable bonds is 6. The van der Waals surface area contributed by atoms with Gasteiger partial charge in [-0.25, -0.2) is 5.43 Å². The lowest BCUT2D eigenvalue weighted by Crippen LogP contribution is -2.19. The average Bonchev–Trinajstić information content (AvgIpc) is 3.18. The summed E-state index contributed by atoms with van der Waals surface area (Å²) in [6.07, 6.45) is 0.459. The number of hydrogen-bond donors (Lipinski definition) is 2. The Morgan fingerprint density at radius 1 is 1.09 bits per heavy atom. The highest BCUT2D eigenvalue weighted by Crippen LogP contribution is 2.33. The van der Waals surface area contributed by atoms with Gasteiger partial charge in [0.05, 0.1) is 4.92 Å². The number of carbonyl (C=O) groups excluding carboxylic acids is 1. The predicted molar refractivity (Wildman–Crippen MR) is 125 cm³/mol. The number of phenolic OH excluding ortho intramolecular Hbond substituents is 1. The Morgan fingerprint density at radius 3 is 2.58 bits per heavy atom. The van der Waals surface area contributed by atoms with E-state index in [0.29, 0.717) is 17.7 Å². The molecular formula is C25H21N3O5. The number of nitrogens with one attached hydrogen (secondary N) is 1. The van der Waals surface area contributed by atoms with Gasteiger partial charge >= 0.3 is 0 Å². The molecule has 0 atom stereocenters. The van der Waals surface area contributed by atoms with E-state index in [1.807, 2.05) is 37.3 Å². The van der Waals surface area contributed by atoms with Crippen LogP contribution in [0.4, 0.5) is 5.69 Å². The van der Waals surface area contributed by atoms with E-state index in [-0.39, 0.29) is 17.0 Å². The Labute approximate surface area is 189 Å². The van der Waals surface area contributed by atoms with Crippen LogP contribution >= 0.6 is 0 Å². The zero-order chi connectivity index (χ0) is 23.5. The van der Waals surface area contributed by atoms with Crippen molar-refractivity contribution in [2.75, 3.05) is 0 Å². The van der Waals surface area contributed by atoms with Crippen LogP contribution in [-0.4, -0.2) is 21.6 Å². The second kappa shape index (κ2) is 8.96. The lowest BCUT2D eigenvalue weighted by molar-refractivity contribution is -0.384. The summed E-state index contributed by atoms with van der Waals surface area (Å²) in [4.78, 5) is 22.5. The molecule has 8 nitrogen and oxygen atoms in total. The standard InChI is InChI=1S/C25H21N3O5/c1-15(26-27-25(30)18-4-7-21(8-5-18)28(31)32)11-17-3-9-23(29)22(13-17)19-6-10-24-20(14-19)12-16(2)33-24/h3-10,12-14,29H,11H2,1-2H3,(H,27,30). The van der Waals surface area contributed by atoms with E-state index in [1.165, 1.54) is 24.3 Å². The fourth-order valence-electron chi connectivity index (χ4n) is 3.55. The second-order valence-electron chi connectivity index (χ2n) is 7.73. The number of benzene rings is 3. The molecule has 0 fully saturated rings. The SMILES string of the molecule is CC(Cc1ccc(O)c(-c2ccc3oc(C)cc3c2)c1)=NNC(=O)c1ccc([N+](=O)[O-])cc1. The van der Waals surface area contributed by atoms with Crippen LogP contribution in [0.15, 0.2) is 76.2 Å². The van der Waals surface area contributed by atoms with Gasteiger partial charge in [0.25, 0.3) is 11.6 Å². The highest BCUT2D eigenvalue weighted by molar-refractivity contribution is 5.95. The molecule has 0 spiro atoms. The minimum absolute atomic E-state index is 0.0866. The fraction of sp³-hybridized carbons (Fsp3) is 0.120. The van der Waals surface area contributed by atoms with Gasteiger partial charge in [0.2, 0.25) is 0 Å². The molecule has 166 valence electrons. The number of carbonyl (C=O) groups is 1. The summed E-state index contributed by atoms with van der Waals surface area (Å²) in [5, 5.41) is 26.2. The molecular weight excluding hydrogens is 422 g/mol. The number of hydrogen-bond acceptors (Lipinski definition) is 6. The summed E-state index contributed by atoms with van der Waals surface area (Å²) in [5.74, 6) is 0.529. The van der Waals surface area contributed by atoms with Gasteiger partial charge in [-0.3, -0.25) is 14.9 Å². The number of amides is 1. The first-order chi connectivity index (χ1) is 15.8. The molecule has 0 radical (unpaired) electrons. The number of non-ortho nitro benzene ring substituents is 1. The molecule has 0 bridgehead atoms. The number of nitrogens with zero attached hydrogens (tertiary/aromatic N) is 2. The van der Waals surface area contributed by atoms with Gasteiger partial charge in [0, 0.05) is 40.8 Å². The van der Waals surface area contributed by atoms with E-state index in [9.17, 15) is 20.0 Å². The number of fused-ring (bicyclic) bond motifs is 1. The van der Waals surface area contributed by atoms with E-state index in [0.717, 1.165) is 27.9 Å². The number of nitro benzene ring substituents is 1. The third-order valence-electron chi connectivity index (χ3n) is 5.16. The minimum Gasteiger partial charge on any atom is -0.507 e. The van der Waals surface area contributed by atoms with Gasteiger partial charge in [0.1, 0.15) is 17.1 Å². The van der Waals surface area contributed by atoms with Crippen LogP contribution in [0.3, 0.4) is 0 Å². The molecule has 4 rings (SSSR count). The number of nitro groups is 1. The molecule has 8 heteroatoms.